The first kappa shape index (κ1) is 14.5. The third-order valence-corrected chi connectivity index (χ3v) is 4.61. The number of benzene rings is 1. The Morgan fingerprint density at radius 2 is 2.26 bits per heavy atom. The van der Waals surface area contributed by atoms with Gasteiger partial charge in [0, 0.05) is 21.9 Å². The van der Waals surface area contributed by atoms with Crippen molar-refractivity contribution in [1.29, 1.82) is 0 Å². The molecular formula is C14H19IN4. The molecular weight excluding hydrogens is 351 g/mol. The Morgan fingerprint density at radius 3 is 2.95 bits per heavy atom. The van der Waals surface area contributed by atoms with Gasteiger partial charge in [0.15, 0.2) is 0 Å². The Balaban J connectivity index is 2.35. The van der Waals surface area contributed by atoms with E-state index in [1.807, 2.05) is 10.9 Å². The number of hydrogen-bond acceptors (Lipinski definition) is 3. The first-order valence-corrected chi connectivity index (χ1v) is 7.48. The molecule has 1 heterocycles. The maximum Gasteiger partial charge on any atom is 0.0751 e. The standard InChI is InChI=1S/C14H19IN4/c1-3-7-19-9-11(8-17-19)14(18-16)12-6-4-5-10(2)13(12)15/h4-6,8-9,14,18H,3,7,16H2,1-2H3. The van der Waals surface area contributed by atoms with Crippen molar-refractivity contribution in [3.8, 4) is 0 Å². The van der Waals surface area contributed by atoms with Crippen LogP contribution in [0.3, 0.4) is 0 Å². The topological polar surface area (TPSA) is 55.9 Å². The van der Waals surface area contributed by atoms with Gasteiger partial charge in [0.2, 0.25) is 0 Å². The Hall–Kier alpha value is -0.920. The van der Waals surface area contributed by atoms with E-state index in [-0.39, 0.29) is 6.04 Å². The first-order valence-electron chi connectivity index (χ1n) is 6.40. The fourth-order valence-electron chi connectivity index (χ4n) is 2.14. The highest BCUT2D eigenvalue weighted by molar-refractivity contribution is 14.1. The van der Waals surface area contributed by atoms with Gasteiger partial charge in [0.25, 0.3) is 0 Å². The van der Waals surface area contributed by atoms with Crippen LogP contribution in [-0.2, 0) is 6.54 Å². The molecule has 0 aliphatic carbocycles. The molecule has 0 aliphatic rings. The lowest BCUT2D eigenvalue weighted by Crippen LogP contribution is -2.29. The number of nitrogens with one attached hydrogen (secondary N) is 1. The highest BCUT2D eigenvalue weighted by Crippen LogP contribution is 2.27. The van der Waals surface area contributed by atoms with Crippen molar-refractivity contribution in [1.82, 2.24) is 15.2 Å². The number of rotatable bonds is 5. The first-order chi connectivity index (χ1) is 9.17. The fraction of sp³-hybridized carbons (Fsp3) is 0.357. The van der Waals surface area contributed by atoms with Crippen molar-refractivity contribution < 1.29 is 0 Å². The molecule has 2 aromatic rings. The number of aryl methyl sites for hydroxylation is 2. The molecule has 0 spiro atoms. The van der Waals surface area contributed by atoms with Crippen molar-refractivity contribution in [2.45, 2.75) is 32.9 Å². The van der Waals surface area contributed by atoms with Crippen LogP contribution >= 0.6 is 22.6 Å². The molecule has 0 radical (unpaired) electrons. The Kier molecular flexibility index (Phi) is 4.95. The summed E-state index contributed by atoms with van der Waals surface area (Å²) in [6.07, 6.45) is 5.02. The highest BCUT2D eigenvalue weighted by atomic mass is 127. The zero-order valence-electron chi connectivity index (χ0n) is 11.2. The molecule has 5 heteroatoms. The summed E-state index contributed by atoms with van der Waals surface area (Å²) in [5, 5.41) is 4.37. The van der Waals surface area contributed by atoms with E-state index >= 15 is 0 Å². The smallest absolute Gasteiger partial charge is 0.0751 e. The molecule has 0 bridgehead atoms. The molecule has 0 amide bonds. The number of halogens is 1. The van der Waals surface area contributed by atoms with Gasteiger partial charge in [-0.1, -0.05) is 25.1 Å². The predicted molar refractivity (Wildman–Crippen MR) is 85.6 cm³/mol. The summed E-state index contributed by atoms with van der Waals surface area (Å²) in [6, 6.07) is 6.26. The predicted octanol–water partition coefficient (Wildman–Crippen LogP) is 2.76. The average molecular weight is 370 g/mol. The maximum absolute atomic E-state index is 5.75. The minimum Gasteiger partial charge on any atom is -0.272 e. The van der Waals surface area contributed by atoms with Crippen molar-refractivity contribution >= 4 is 22.6 Å². The highest BCUT2D eigenvalue weighted by Gasteiger charge is 2.17. The molecule has 0 saturated carbocycles. The molecule has 0 fully saturated rings. The van der Waals surface area contributed by atoms with Crippen LogP contribution in [0.25, 0.3) is 0 Å². The summed E-state index contributed by atoms with van der Waals surface area (Å²) in [6.45, 7) is 5.19. The monoisotopic (exact) mass is 370 g/mol. The van der Waals surface area contributed by atoms with Crippen molar-refractivity contribution in [3.05, 3.63) is 50.9 Å². The minimum atomic E-state index is -0.0163. The van der Waals surface area contributed by atoms with Gasteiger partial charge in [-0.25, -0.2) is 5.43 Å². The molecule has 3 N–H and O–H groups in total. The van der Waals surface area contributed by atoms with Crippen LogP contribution in [0.1, 0.15) is 36.1 Å². The number of nitrogens with two attached hydrogens (primary N) is 1. The van der Waals surface area contributed by atoms with Gasteiger partial charge in [0.1, 0.15) is 0 Å². The zero-order valence-corrected chi connectivity index (χ0v) is 13.4. The summed E-state index contributed by atoms with van der Waals surface area (Å²) in [7, 11) is 0. The number of hydrazine groups is 1. The summed E-state index contributed by atoms with van der Waals surface area (Å²) >= 11 is 2.37. The molecule has 1 unspecified atom stereocenters. The maximum atomic E-state index is 5.75. The van der Waals surface area contributed by atoms with E-state index < -0.39 is 0 Å². The second-order valence-electron chi connectivity index (χ2n) is 4.61. The zero-order chi connectivity index (χ0) is 13.8. The second-order valence-corrected chi connectivity index (χ2v) is 5.69. The number of hydrogen-bond donors (Lipinski definition) is 2. The van der Waals surface area contributed by atoms with Crippen LogP contribution in [0.5, 0.6) is 0 Å². The van der Waals surface area contributed by atoms with Gasteiger partial charge in [0.05, 0.1) is 12.2 Å². The Morgan fingerprint density at radius 1 is 1.47 bits per heavy atom. The van der Waals surface area contributed by atoms with Crippen LogP contribution in [-0.4, -0.2) is 9.78 Å². The van der Waals surface area contributed by atoms with E-state index in [1.54, 1.807) is 0 Å². The SMILES string of the molecule is CCCn1cc(C(NN)c2cccc(C)c2I)cn1. The number of aromatic nitrogens is 2. The van der Waals surface area contributed by atoms with Gasteiger partial charge in [-0.3, -0.25) is 10.5 Å². The normalized spacial score (nSPS) is 12.6. The molecule has 1 aromatic heterocycles. The Labute approximate surface area is 127 Å². The summed E-state index contributed by atoms with van der Waals surface area (Å²) in [5.74, 6) is 5.75. The quantitative estimate of drug-likeness (QED) is 0.484. The van der Waals surface area contributed by atoms with Gasteiger partial charge in [-0.05, 0) is 47.1 Å². The van der Waals surface area contributed by atoms with Crippen LogP contribution in [0.15, 0.2) is 30.6 Å². The molecule has 2 rings (SSSR count). The third-order valence-electron chi connectivity index (χ3n) is 3.14. The lowest BCUT2D eigenvalue weighted by Gasteiger charge is -2.17. The molecule has 0 aliphatic heterocycles. The van der Waals surface area contributed by atoms with Crippen LogP contribution in [0, 0.1) is 10.5 Å². The van der Waals surface area contributed by atoms with E-state index in [9.17, 15) is 0 Å². The van der Waals surface area contributed by atoms with Crippen molar-refractivity contribution in [2.75, 3.05) is 0 Å². The molecule has 0 saturated heterocycles. The Bertz CT molecular complexity index is 550. The van der Waals surface area contributed by atoms with Crippen molar-refractivity contribution in [3.63, 3.8) is 0 Å². The van der Waals surface area contributed by atoms with E-state index in [1.165, 1.54) is 14.7 Å². The van der Waals surface area contributed by atoms with E-state index in [2.05, 4.69) is 71.4 Å². The van der Waals surface area contributed by atoms with Gasteiger partial charge >= 0.3 is 0 Å². The van der Waals surface area contributed by atoms with E-state index in [4.69, 9.17) is 5.84 Å². The van der Waals surface area contributed by atoms with Crippen LogP contribution in [0.4, 0.5) is 0 Å². The lowest BCUT2D eigenvalue weighted by atomic mass is 10.0. The largest absolute Gasteiger partial charge is 0.272 e. The van der Waals surface area contributed by atoms with Gasteiger partial charge in [-0.2, -0.15) is 5.10 Å². The minimum absolute atomic E-state index is 0.0163. The van der Waals surface area contributed by atoms with Crippen LogP contribution < -0.4 is 11.3 Å². The molecule has 1 atom stereocenters. The molecule has 102 valence electrons. The average Bonchev–Trinajstić information content (AvgIpc) is 2.84. The summed E-state index contributed by atoms with van der Waals surface area (Å²) < 4.78 is 3.20. The molecule has 19 heavy (non-hydrogen) atoms. The van der Waals surface area contributed by atoms with E-state index in [0.717, 1.165) is 18.5 Å². The van der Waals surface area contributed by atoms with E-state index in [0.29, 0.717) is 0 Å². The molecule has 1 aromatic carbocycles. The second kappa shape index (κ2) is 6.49. The van der Waals surface area contributed by atoms with Gasteiger partial charge in [-0.15, -0.1) is 0 Å². The molecule has 4 nitrogen and oxygen atoms in total. The third kappa shape index (κ3) is 3.16. The lowest BCUT2D eigenvalue weighted by molar-refractivity contribution is 0.597. The van der Waals surface area contributed by atoms with Crippen molar-refractivity contribution in [2.24, 2.45) is 5.84 Å². The van der Waals surface area contributed by atoms with Crippen LogP contribution in [0.2, 0.25) is 0 Å². The fourth-order valence-corrected chi connectivity index (χ4v) is 2.81. The summed E-state index contributed by atoms with van der Waals surface area (Å²) in [5.41, 5.74) is 6.45. The number of nitrogens with zero attached hydrogens (tertiary/aromatic N) is 2. The van der Waals surface area contributed by atoms with Gasteiger partial charge < -0.3 is 0 Å². The summed E-state index contributed by atoms with van der Waals surface area (Å²) in [4.78, 5) is 0.